The van der Waals surface area contributed by atoms with Crippen molar-refractivity contribution in [1.29, 1.82) is 0 Å². The van der Waals surface area contributed by atoms with Gasteiger partial charge in [0.25, 0.3) is 11.8 Å². The molecule has 0 N–H and O–H groups in total. The van der Waals surface area contributed by atoms with Crippen LogP contribution in [0.2, 0.25) is 0 Å². The molecular weight excluding hydrogens is 642 g/mol. The lowest BCUT2D eigenvalue weighted by molar-refractivity contribution is -0.143. The van der Waals surface area contributed by atoms with E-state index in [-0.39, 0.29) is 28.7 Å². The van der Waals surface area contributed by atoms with Gasteiger partial charge in [-0.3, -0.25) is 14.7 Å². The predicted molar refractivity (Wildman–Crippen MR) is 165 cm³/mol. The van der Waals surface area contributed by atoms with Gasteiger partial charge in [0.1, 0.15) is 36.3 Å². The molecule has 1 saturated heterocycles. The van der Waals surface area contributed by atoms with E-state index in [1.54, 1.807) is 0 Å². The maximum Gasteiger partial charge on any atom is 0.406 e. The van der Waals surface area contributed by atoms with E-state index in [0.717, 1.165) is 74.5 Å². The van der Waals surface area contributed by atoms with Gasteiger partial charge in [-0.2, -0.15) is 13.2 Å². The van der Waals surface area contributed by atoms with Crippen LogP contribution in [0.1, 0.15) is 54.7 Å². The minimum absolute atomic E-state index is 0.00314. The van der Waals surface area contributed by atoms with Crippen LogP contribution in [-0.2, 0) is 13.0 Å². The molecule has 0 atom stereocenters. The molecule has 0 bridgehead atoms. The van der Waals surface area contributed by atoms with E-state index < -0.39 is 30.5 Å². The molecule has 252 valence electrons. The standard InChI is InChI=1S/C32H36ClF4N7O3/c1-20(2)44(18-32(35,36)37)30(45)21-10-22(34)12-23(11-21)47-29-28(39-19-40-41-29)43-16-31(17-43)13-24(14-31)46-27-4-7-38-26-5-9-42(8-3-6-33)15-25(26)27/h4,7,10-12,19-20,24H,3,5-6,8-9,13-18H2,1-2H3. The van der Waals surface area contributed by atoms with Gasteiger partial charge in [-0.15, -0.1) is 21.8 Å². The molecule has 0 radical (unpaired) electrons. The van der Waals surface area contributed by atoms with Crippen LogP contribution in [0.5, 0.6) is 17.4 Å². The maximum atomic E-state index is 14.6. The maximum absolute atomic E-state index is 14.6. The molecule has 2 aromatic heterocycles. The van der Waals surface area contributed by atoms with Gasteiger partial charge < -0.3 is 19.3 Å². The van der Waals surface area contributed by atoms with Crippen LogP contribution < -0.4 is 14.4 Å². The van der Waals surface area contributed by atoms with Gasteiger partial charge in [0.2, 0.25) is 0 Å². The first-order valence-corrected chi connectivity index (χ1v) is 16.2. The van der Waals surface area contributed by atoms with Gasteiger partial charge in [-0.05, 0) is 57.9 Å². The number of amides is 1. The minimum Gasteiger partial charge on any atom is -0.490 e. The number of rotatable bonds is 11. The number of ether oxygens (including phenoxy) is 2. The highest BCUT2D eigenvalue weighted by Crippen LogP contribution is 2.52. The summed E-state index contributed by atoms with van der Waals surface area (Å²) in [6, 6.07) is 4.27. The summed E-state index contributed by atoms with van der Waals surface area (Å²) in [6.07, 6.45) is 2.11. The van der Waals surface area contributed by atoms with Crippen molar-refractivity contribution in [2.75, 3.05) is 43.5 Å². The van der Waals surface area contributed by atoms with E-state index in [0.29, 0.717) is 29.7 Å². The van der Waals surface area contributed by atoms with Crippen molar-refractivity contribution < 1.29 is 31.8 Å². The Labute approximate surface area is 275 Å². The topological polar surface area (TPSA) is 96.8 Å². The first-order chi connectivity index (χ1) is 22.4. The van der Waals surface area contributed by atoms with Crippen molar-refractivity contribution in [2.24, 2.45) is 5.41 Å². The Hall–Kier alpha value is -3.78. The van der Waals surface area contributed by atoms with E-state index in [4.69, 9.17) is 21.1 Å². The number of carbonyl (C=O) groups excluding carboxylic acids is 1. The average molecular weight is 678 g/mol. The third-order valence-corrected chi connectivity index (χ3v) is 9.13. The molecule has 1 aromatic carbocycles. The lowest BCUT2D eigenvalue weighted by Crippen LogP contribution is -2.65. The Balaban J connectivity index is 1.08. The number of fused-ring (bicyclic) bond motifs is 1. The Morgan fingerprint density at radius 1 is 1.19 bits per heavy atom. The first-order valence-electron chi connectivity index (χ1n) is 15.6. The Morgan fingerprint density at radius 2 is 1.98 bits per heavy atom. The SMILES string of the molecule is CC(C)N(CC(F)(F)F)C(=O)c1cc(F)cc(Oc2nncnc2N2CC3(CC(Oc4ccnc5c4CN(CCCCl)CC5)C3)C2)c1. The summed E-state index contributed by atoms with van der Waals surface area (Å²) in [6.45, 7) is 5.51. The van der Waals surface area contributed by atoms with Crippen LogP contribution >= 0.6 is 11.6 Å². The third kappa shape index (κ3) is 7.53. The Morgan fingerprint density at radius 3 is 2.70 bits per heavy atom. The van der Waals surface area contributed by atoms with E-state index in [1.165, 1.54) is 26.2 Å². The summed E-state index contributed by atoms with van der Waals surface area (Å²) in [7, 11) is 0. The quantitative estimate of drug-likeness (QED) is 0.189. The monoisotopic (exact) mass is 677 g/mol. The molecule has 1 saturated carbocycles. The molecule has 0 unspecified atom stereocenters. The van der Waals surface area contributed by atoms with Gasteiger partial charge in [0.05, 0.1) is 0 Å². The first kappa shape index (κ1) is 33.1. The third-order valence-electron chi connectivity index (χ3n) is 8.86. The highest BCUT2D eigenvalue weighted by Gasteiger charge is 2.54. The number of carbonyl (C=O) groups is 1. The van der Waals surface area contributed by atoms with Gasteiger partial charge in [-0.25, -0.2) is 9.37 Å². The number of halogens is 5. The fourth-order valence-electron chi connectivity index (χ4n) is 6.64. The van der Waals surface area contributed by atoms with Crippen LogP contribution in [0.3, 0.4) is 0 Å². The zero-order valence-corrected chi connectivity index (χ0v) is 26.9. The van der Waals surface area contributed by atoms with Crippen LogP contribution in [-0.4, -0.2) is 92.8 Å². The van der Waals surface area contributed by atoms with E-state index in [1.807, 2.05) is 17.2 Å². The summed E-state index contributed by atoms with van der Waals surface area (Å²) >= 11 is 5.90. The lowest BCUT2D eigenvalue weighted by atomic mass is 9.61. The van der Waals surface area contributed by atoms with Gasteiger partial charge >= 0.3 is 6.18 Å². The summed E-state index contributed by atoms with van der Waals surface area (Å²) in [5, 5.41) is 7.83. The lowest BCUT2D eigenvalue weighted by Gasteiger charge is -2.58. The zero-order chi connectivity index (χ0) is 33.3. The summed E-state index contributed by atoms with van der Waals surface area (Å²) in [5.41, 5.74) is 2.01. The molecule has 1 spiro atoms. The second-order valence-electron chi connectivity index (χ2n) is 12.8. The predicted octanol–water partition coefficient (Wildman–Crippen LogP) is 5.65. The van der Waals surface area contributed by atoms with Crippen LogP contribution in [0.15, 0.2) is 36.8 Å². The fourth-order valence-corrected chi connectivity index (χ4v) is 6.76. The number of alkyl halides is 4. The van der Waals surface area contributed by atoms with Gasteiger partial charge in [0, 0.05) is 79.0 Å². The number of hydrogen-bond acceptors (Lipinski definition) is 9. The molecule has 15 heteroatoms. The number of aromatic nitrogens is 4. The Bertz CT molecular complexity index is 1600. The summed E-state index contributed by atoms with van der Waals surface area (Å²) in [5.74, 6) is -0.00638. The molecule has 2 fully saturated rings. The second-order valence-corrected chi connectivity index (χ2v) is 13.2. The normalized spacial score (nSPS) is 17.7. The molecule has 4 heterocycles. The van der Waals surface area contributed by atoms with Crippen LogP contribution in [0.25, 0.3) is 0 Å². The van der Waals surface area contributed by atoms with Crippen molar-refractivity contribution >= 4 is 23.3 Å². The molecule has 3 aliphatic rings. The summed E-state index contributed by atoms with van der Waals surface area (Å²) < 4.78 is 66.3. The fraction of sp³-hybridized carbons (Fsp3) is 0.531. The second kappa shape index (κ2) is 13.4. The summed E-state index contributed by atoms with van der Waals surface area (Å²) in [4.78, 5) is 26.9. The molecule has 1 amide bonds. The van der Waals surface area contributed by atoms with Gasteiger partial charge in [0.15, 0.2) is 5.82 Å². The number of hydrogen-bond donors (Lipinski definition) is 0. The number of benzene rings is 1. The van der Waals surface area contributed by atoms with Crippen LogP contribution in [0.4, 0.5) is 23.4 Å². The number of pyridine rings is 1. The van der Waals surface area contributed by atoms with E-state index >= 15 is 0 Å². The highest BCUT2D eigenvalue weighted by molar-refractivity contribution is 6.17. The largest absolute Gasteiger partial charge is 0.490 e. The van der Waals surface area contributed by atoms with Crippen molar-refractivity contribution in [3.8, 4) is 17.4 Å². The molecule has 1 aliphatic carbocycles. The van der Waals surface area contributed by atoms with Crippen molar-refractivity contribution in [3.05, 3.63) is 59.4 Å². The molecule has 10 nitrogen and oxygen atoms in total. The van der Waals surface area contributed by atoms with Gasteiger partial charge in [-0.1, -0.05) is 0 Å². The molecule has 2 aliphatic heterocycles. The molecule has 47 heavy (non-hydrogen) atoms. The van der Waals surface area contributed by atoms with E-state index in [2.05, 4.69) is 25.1 Å². The van der Waals surface area contributed by atoms with E-state index in [9.17, 15) is 22.4 Å². The number of nitrogens with zero attached hydrogens (tertiary/aromatic N) is 7. The molecular formula is C32H36ClF4N7O3. The average Bonchev–Trinajstić information content (AvgIpc) is 2.98. The Kier molecular flexibility index (Phi) is 9.43. The highest BCUT2D eigenvalue weighted by atomic mass is 35.5. The number of anilines is 1. The van der Waals surface area contributed by atoms with Crippen molar-refractivity contribution in [2.45, 2.75) is 64.4 Å². The van der Waals surface area contributed by atoms with Crippen molar-refractivity contribution in [3.63, 3.8) is 0 Å². The minimum atomic E-state index is -4.61. The zero-order valence-electron chi connectivity index (χ0n) is 26.1. The smallest absolute Gasteiger partial charge is 0.406 e. The molecule has 3 aromatic rings. The molecule has 6 rings (SSSR count). The van der Waals surface area contributed by atoms with Crippen molar-refractivity contribution in [1.82, 2.24) is 30.0 Å². The van der Waals surface area contributed by atoms with Crippen LogP contribution in [0, 0.1) is 11.2 Å².